The van der Waals surface area contributed by atoms with Gasteiger partial charge < -0.3 is 4.52 Å². The normalized spacial score (nSPS) is 16.2. The molecule has 25 heavy (non-hydrogen) atoms. The average Bonchev–Trinajstić information content (AvgIpc) is 3.31. The van der Waals surface area contributed by atoms with E-state index in [0.717, 1.165) is 11.8 Å². The van der Waals surface area contributed by atoms with E-state index < -0.39 is 0 Å². The topological polar surface area (TPSA) is 83.1 Å². The number of aromatic nitrogens is 2. The summed E-state index contributed by atoms with van der Waals surface area (Å²) in [4.78, 5) is 18.3. The molecule has 3 heterocycles. The first-order chi connectivity index (χ1) is 12.1. The van der Waals surface area contributed by atoms with Crippen molar-refractivity contribution in [3.8, 4) is 11.3 Å². The number of anilines is 1. The molecule has 6 nitrogen and oxygen atoms in total. The van der Waals surface area contributed by atoms with Gasteiger partial charge in [0.2, 0.25) is 0 Å². The third kappa shape index (κ3) is 2.87. The van der Waals surface area contributed by atoms with Gasteiger partial charge in [-0.2, -0.15) is 0 Å². The van der Waals surface area contributed by atoms with E-state index in [1.165, 1.54) is 34.6 Å². The molecule has 1 aliphatic rings. The molecule has 1 fully saturated rings. The molecule has 1 saturated heterocycles. The highest BCUT2D eigenvalue weighted by molar-refractivity contribution is 8.19. The van der Waals surface area contributed by atoms with Gasteiger partial charge >= 0.3 is 0 Å². The van der Waals surface area contributed by atoms with Gasteiger partial charge in [0.15, 0.2) is 10.3 Å². The van der Waals surface area contributed by atoms with E-state index in [2.05, 4.69) is 10.1 Å². The van der Waals surface area contributed by atoms with Crippen molar-refractivity contribution in [1.29, 1.82) is 5.41 Å². The van der Waals surface area contributed by atoms with Gasteiger partial charge in [-0.1, -0.05) is 5.16 Å². The number of amidine groups is 1. The number of nitrogens with zero attached hydrogens (tertiary/aromatic N) is 3. The third-order valence-electron chi connectivity index (χ3n) is 3.44. The number of amides is 1. The van der Waals surface area contributed by atoms with E-state index in [1.807, 2.05) is 0 Å². The first-order valence-corrected chi connectivity index (χ1v) is 8.75. The highest BCUT2D eigenvalue weighted by Gasteiger charge is 2.35. The number of nitrogens with one attached hydrogen (secondary N) is 1. The SMILES string of the molecule is N=C1S/C(=C\c2conc2-c2ccc(F)cc2)C(=O)N1c1nccs1. The summed E-state index contributed by atoms with van der Waals surface area (Å²) in [5.41, 5.74) is 1.75. The minimum Gasteiger partial charge on any atom is -0.363 e. The van der Waals surface area contributed by atoms with Gasteiger partial charge in [0, 0.05) is 22.7 Å². The number of carbonyl (C=O) groups is 1. The zero-order chi connectivity index (χ0) is 17.4. The van der Waals surface area contributed by atoms with Crippen LogP contribution in [0.25, 0.3) is 17.3 Å². The van der Waals surface area contributed by atoms with E-state index in [9.17, 15) is 9.18 Å². The Hall–Kier alpha value is -2.78. The van der Waals surface area contributed by atoms with Crippen molar-refractivity contribution in [1.82, 2.24) is 10.1 Å². The van der Waals surface area contributed by atoms with Crippen LogP contribution in [-0.4, -0.2) is 21.2 Å². The molecule has 0 bridgehead atoms. The Bertz CT molecular complexity index is 980. The molecular formula is C16H9FN4O2S2. The molecule has 9 heteroatoms. The number of hydrogen-bond donors (Lipinski definition) is 1. The second kappa shape index (κ2) is 6.26. The second-order valence-electron chi connectivity index (χ2n) is 5.00. The Morgan fingerprint density at radius 3 is 2.80 bits per heavy atom. The molecule has 124 valence electrons. The van der Waals surface area contributed by atoms with Crippen molar-refractivity contribution in [3.05, 3.63) is 58.4 Å². The summed E-state index contributed by atoms with van der Waals surface area (Å²) >= 11 is 2.33. The predicted octanol–water partition coefficient (Wildman–Crippen LogP) is 3.99. The van der Waals surface area contributed by atoms with Gasteiger partial charge in [-0.3, -0.25) is 10.2 Å². The number of halogens is 1. The quantitative estimate of drug-likeness (QED) is 0.703. The van der Waals surface area contributed by atoms with Crippen molar-refractivity contribution >= 4 is 45.4 Å². The summed E-state index contributed by atoms with van der Waals surface area (Å²) in [6.07, 6.45) is 4.61. The lowest BCUT2D eigenvalue weighted by atomic mass is 10.1. The monoisotopic (exact) mass is 372 g/mol. The van der Waals surface area contributed by atoms with Crippen molar-refractivity contribution in [2.75, 3.05) is 4.90 Å². The maximum absolute atomic E-state index is 13.1. The van der Waals surface area contributed by atoms with E-state index >= 15 is 0 Å². The van der Waals surface area contributed by atoms with Gasteiger partial charge in [0.05, 0.1) is 4.91 Å². The highest BCUT2D eigenvalue weighted by atomic mass is 32.2. The van der Waals surface area contributed by atoms with Gasteiger partial charge in [0.25, 0.3) is 5.91 Å². The molecule has 1 aliphatic heterocycles. The lowest BCUT2D eigenvalue weighted by molar-refractivity contribution is -0.113. The van der Waals surface area contributed by atoms with Crippen molar-refractivity contribution < 1.29 is 13.7 Å². The molecule has 0 aliphatic carbocycles. The molecule has 0 unspecified atom stereocenters. The van der Waals surface area contributed by atoms with Crippen LogP contribution in [0.5, 0.6) is 0 Å². The van der Waals surface area contributed by atoms with Crippen LogP contribution in [0, 0.1) is 11.2 Å². The van der Waals surface area contributed by atoms with Crippen molar-refractivity contribution in [3.63, 3.8) is 0 Å². The largest absolute Gasteiger partial charge is 0.363 e. The van der Waals surface area contributed by atoms with Crippen molar-refractivity contribution in [2.45, 2.75) is 0 Å². The third-order valence-corrected chi connectivity index (χ3v) is 5.08. The lowest BCUT2D eigenvalue weighted by Gasteiger charge is -2.08. The minimum atomic E-state index is -0.346. The van der Waals surface area contributed by atoms with Crippen LogP contribution in [0.15, 0.2) is 51.5 Å². The fraction of sp³-hybridized carbons (Fsp3) is 0. The summed E-state index contributed by atoms with van der Waals surface area (Å²) < 4.78 is 18.1. The molecule has 0 saturated carbocycles. The first-order valence-electron chi connectivity index (χ1n) is 7.06. The van der Waals surface area contributed by atoms with Crippen LogP contribution in [0.1, 0.15) is 5.56 Å². The summed E-state index contributed by atoms with van der Waals surface area (Å²) in [6.45, 7) is 0. The van der Waals surface area contributed by atoms with Gasteiger partial charge in [-0.25, -0.2) is 14.3 Å². The molecule has 1 N–H and O–H groups in total. The number of benzene rings is 1. The predicted molar refractivity (Wildman–Crippen MR) is 94.8 cm³/mol. The average molecular weight is 372 g/mol. The number of thiazole rings is 1. The molecule has 0 radical (unpaired) electrons. The molecule has 0 spiro atoms. The maximum Gasteiger partial charge on any atom is 0.273 e. The zero-order valence-electron chi connectivity index (χ0n) is 12.5. The van der Waals surface area contributed by atoms with Crippen LogP contribution in [0.4, 0.5) is 9.52 Å². The zero-order valence-corrected chi connectivity index (χ0v) is 14.1. The van der Waals surface area contributed by atoms with E-state index in [0.29, 0.717) is 26.9 Å². The summed E-state index contributed by atoms with van der Waals surface area (Å²) in [6, 6.07) is 5.83. The molecule has 1 aromatic carbocycles. The Morgan fingerprint density at radius 1 is 1.28 bits per heavy atom. The van der Waals surface area contributed by atoms with Crippen LogP contribution in [-0.2, 0) is 4.79 Å². The number of thioether (sulfide) groups is 1. The Labute approximate surface area is 149 Å². The van der Waals surface area contributed by atoms with Crippen molar-refractivity contribution in [2.24, 2.45) is 0 Å². The first kappa shape index (κ1) is 15.7. The fourth-order valence-electron chi connectivity index (χ4n) is 2.30. The van der Waals surface area contributed by atoms with Gasteiger partial charge in [-0.15, -0.1) is 11.3 Å². The van der Waals surface area contributed by atoms with Crippen LogP contribution < -0.4 is 4.90 Å². The standard InChI is InChI=1S/C16H9FN4O2S2/c17-11-3-1-9(2-4-11)13-10(8-23-20-13)7-12-14(22)21(15(18)25-12)16-19-5-6-24-16/h1-8,18H/b12-7-,18-15?. The van der Waals surface area contributed by atoms with E-state index in [-0.39, 0.29) is 16.9 Å². The Balaban J connectivity index is 1.69. The van der Waals surface area contributed by atoms with Gasteiger partial charge in [0.1, 0.15) is 17.8 Å². The number of carbonyl (C=O) groups excluding carboxylic acids is 1. The second-order valence-corrected chi connectivity index (χ2v) is 6.90. The van der Waals surface area contributed by atoms with Crippen LogP contribution in [0.2, 0.25) is 0 Å². The summed E-state index contributed by atoms with van der Waals surface area (Å²) in [5, 5.41) is 14.2. The summed E-state index contributed by atoms with van der Waals surface area (Å²) in [7, 11) is 0. The molecule has 2 aromatic heterocycles. The lowest BCUT2D eigenvalue weighted by Crippen LogP contribution is -2.27. The van der Waals surface area contributed by atoms with Crippen LogP contribution in [0.3, 0.4) is 0 Å². The molecule has 3 aromatic rings. The number of rotatable bonds is 3. The summed E-state index contributed by atoms with van der Waals surface area (Å²) in [5.74, 6) is -0.669. The smallest absolute Gasteiger partial charge is 0.273 e. The Kier molecular flexibility index (Phi) is 3.94. The van der Waals surface area contributed by atoms with E-state index in [4.69, 9.17) is 9.93 Å². The van der Waals surface area contributed by atoms with Crippen LogP contribution >= 0.6 is 23.1 Å². The minimum absolute atomic E-state index is 0.0889. The molecular weight excluding hydrogens is 363 g/mol. The molecule has 0 atom stereocenters. The highest BCUT2D eigenvalue weighted by Crippen LogP contribution is 2.37. The maximum atomic E-state index is 13.1. The van der Waals surface area contributed by atoms with Gasteiger partial charge in [-0.05, 0) is 42.1 Å². The number of hydrogen-bond acceptors (Lipinski definition) is 7. The fourth-order valence-corrected chi connectivity index (χ4v) is 3.84. The Morgan fingerprint density at radius 2 is 2.08 bits per heavy atom. The molecule has 4 rings (SSSR count). The molecule has 1 amide bonds. The van der Waals surface area contributed by atoms with E-state index in [1.54, 1.807) is 29.8 Å².